The topological polar surface area (TPSA) is 84.0 Å². The number of aromatic nitrogens is 2. The second kappa shape index (κ2) is 8.34. The zero-order chi connectivity index (χ0) is 14.9. The monoisotopic (exact) mass is 290 g/mol. The third-order valence-electron chi connectivity index (χ3n) is 3.65. The average molecular weight is 290 g/mol. The van der Waals surface area contributed by atoms with E-state index >= 15 is 0 Å². The average Bonchev–Trinajstić information content (AvgIpc) is 2.76. The van der Waals surface area contributed by atoms with Gasteiger partial charge in [-0.3, -0.25) is 14.6 Å². The summed E-state index contributed by atoms with van der Waals surface area (Å²) in [6, 6.07) is 0.302. The fourth-order valence-corrected chi connectivity index (χ4v) is 2.52. The van der Waals surface area contributed by atoms with Crippen LogP contribution in [0, 0.1) is 0 Å². The van der Waals surface area contributed by atoms with Gasteiger partial charge in [-0.1, -0.05) is 25.7 Å². The highest BCUT2D eigenvalue weighted by Gasteiger charge is 2.14. The summed E-state index contributed by atoms with van der Waals surface area (Å²) in [4.78, 5) is 31.3. The Balaban J connectivity index is 1.66. The molecule has 0 radical (unpaired) electrons. The first kappa shape index (κ1) is 15.4. The standard InChI is InChI=1S/C15H22N4O2/c20-14(19-12-5-3-1-2-4-6-12)7-8-18-15(21)13-11-16-9-10-17-13/h9-12H,1-8H2,(H,18,21)(H,19,20). The van der Waals surface area contributed by atoms with Crippen molar-refractivity contribution in [2.75, 3.05) is 6.54 Å². The number of nitrogens with zero attached hydrogens (tertiary/aromatic N) is 2. The van der Waals surface area contributed by atoms with Gasteiger partial charge in [-0.05, 0) is 12.8 Å². The van der Waals surface area contributed by atoms with Gasteiger partial charge in [0.15, 0.2) is 0 Å². The molecule has 0 spiro atoms. The molecule has 0 bridgehead atoms. The molecule has 6 heteroatoms. The number of carbonyl (C=O) groups excluding carboxylic acids is 2. The van der Waals surface area contributed by atoms with Gasteiger partial charge in [0.2, 0.25) is 5.91 Å². The Hall–Kier alpha value is -1.98. The lowest BCUT2D eigenvalue weighted by atomic mass is 10.1. The molecular weight excluding hydrogens is 268 g/mol. The predicted octanol–water partition coefficient (Wildman–Crippen LogP) is 1.44. The maximum Gasteiger partial charge on any atom is 0.271 e. The molecule has 1 aromatic heterocycles. The summed E-state index contributed by atoms with van der Waals surface area (Å²) in [5.74, 6) is -0.299. The van der Waals surface area contributed by atoms with Gasteiger partial charge in [0.25, 0.3) is 5.91 Å². The lowest BCUT2D eigenvalue weighted by molar-refractivity contribution is -0.121. The van der Waals surface area contributed by atoms with Gasteiger partial charge < -0.3 is 10.6 Å². The molecule has 2 amide bonds. The summed E-state index contributed by atoms with van der Waals surface area (Å²) in [6.07, 6.45) is 11.7. The Morgan fingerprint density at radius 3 is 2.57 bits per heavy atom. The number of hydrogen-bond acceptors (Lipinski definition) is 4. The molecule has 1 aliphatic carbocycles. The van der Waals surface area contributed by atoms with E-state index in [0.29, 0.717) is 19.0 Å². The van der Waals surface area contributed by atoms with Gasteiger partial charge in [-0.15, -0.1) is 0 Å². The Morgan fingerprint density at radius 2 is 1.90 bits per heavy atom. The molecule has 1 heterocycles. The number of nitrogens with one attached hydrogen (secondary N) is 2. The molecule has 0 unspecified atom stereocenters. The third-order valence-corrected chi connectivity index (χ3v) is 3.65. The summed E-state index contributed by atoms with van der Waals surface area (Å²) in [5, 5.41) is 5.73. The van der Waals surface area contributed by atoms with Gasteiger partial charge >= 0.3 is 0 Å². The van der Waals surface area contributed by atoms with E-state index in [4.69, 9.17) is 0 Å². The minimum absolute atomic E-state index is 0.00125. The lowest BCUT2D eigenvalue weighted by Crippen LogP contribution is -2.37. The minimum atomic E-state index is -0.301. The van der Waals surface area contributed by atoms with E-state index in [1.807, 2.05) is 0 Å². The van der Waals surface area contributed by atoms with Crippen LogP contribution in [0.3, 0.4) is 0 Å². The van der Waals surface area contributed by atoms with E-state index in [2.05, 4.69) is 20.6 Å². The third kappa shape index (κ3) is 5.49. The quantitative estimate of drug-likeness (QED) is 0.804. The number of rotatable bonds is 5. The molecule has 1 saturated carbocycles. The largest absolute Gasteiger partial charge is 0.353 e. The predicted molar refractivity (Wildman–Crippen MR) is 78.6 cm³/mol. The van der Waals surface area contributed by atoms with Crippen LogP contribution in [0.4, 0.5) is 0 Å². The first-order chi connectivity index (χ1) is 10.3. The molecule has 0 aliphatic heterocycles. The molecule has 0 saturated heterocycles. The van der Waals surface area contributed by atoms with E-state index in [9.17, 15) is 9.59 Å². The second-order valence-electron chi connectivity index (χ2n) is 5.35. The maximum atomic E-state index is 11.9. The molecule has 21 heavy (non-hydrogen) atoms. The summed E-state index contributed by atoms with van der Waals surface area (Å²) < 4.78 is 0. The van der Waals surface area contributed by atoms with E-state index in [1.54, 1.807) is 0 Å². The van der Waals surface area contributed by atoms with Crippen molar-refractivity contribution in [2.24, 2.45) is 0 Å². The van der Waals surface area contributed by atoms with Crippen LogP contribution < -0.4 is 10.6 Å². The molecule has 2 N–H and O–H groups in total. The lowest BCUT2D eigenvalue weighted by Gasteiger charge is -2.16. The molecule has 6 nitrogen and oxygen atoms in total. The number of amides is 2. The first-order valence-corrected chi connectivity index (χ1v) is 7.59. The smallest absolute Gasteiger partial charge is 0.271 e. The van der Waals surface area contributed by atoms with Crippen LogP contribution in [0.1, 0.15) is 55.4 Å². The van der Waals surface area contributed by atoms with E-state index < -0.39 is 0 Å². The van der Waals surface area contributed by atoms with Crippen LogP contribution in [-0.2, 0) is 4.79 Å². The Bertz CT molecular complexity index is 456. The fourth-order valence-electron chi connectivity index (χ4n) is 2.52. The molecule has 114 valence electrons. The van der Waals surface area contributed by atoms with Crippen molar-refractivity contribution in [3.63, 3.8) is 0 Å². The van der Waals surface area contributed by atoms with Crippen molar-refractivity contribution in [1.29, 1.82) is 0 Å². The van der Waals surface area contributed by atoms with Crippen molar-refractivity contribution in [3.05, 3.63) is 24.3 Å². The summed E-state index contributed by atoms with van der Waals surface area (Å²) in [5.41, 5.74) is 0.265. The van der Waals surface area contributed by atoms with Crippen LogP contribution in [0.25, 0.3) is 0 Å². The Kier molecular flexibility index (Phi) is 6.12. The molecule has 0 aromatic carbocycles. The molecule has 2 rings (SSSR count). The molecule has 0 atom stereocenters. The second-order valence-corrected chi connectivity index (χ2v) is 5.35. The first-order valence-electron chi connectivity index (χ1n) is 7.59. The molecule has 1 aliphatic rings. The van der Waals surface area contributed by atoms with Crippen LogP contribution >= 0.6 is 0 Å². The summed E-state index contributed by atoms with van der Waals surface area (Å²) >= 11 is 0. The van der Waals surface area contributed by atoms with Gasteiger partial charge in [0.05, 0.1) is 6.20 Å². The highest BCUT2D eigenvalue weighted by Crippen LogP contribution is 2.17. The normalized spacial score (nSPS) is 16.0. The van der Waals surface area contributed by atoms with Crippen LogP contribution in [-0.4, -0.2) is 34.4 Å². The Morgan fingerprint density at radius 1 is 1.14 bits per heavy atom. The van der Waals surface area contributed by atoms with Crippen molar-refractivity contribution >= 4 is 11.8 Å². The van der Waals surface area contributed by atoms with Gasteiger partial charge in [-0.2, -0.15) is 0 Å². The molecule has 1 fully saturated rings. The fraction of sp³-hybridized carbons (Fsp3) is 0.600. The van der Waals surface area contributed by atoms with Crippen molar-refractivity contribution in [1.82, 2.24) is 20.6 Å². The van der Waals surface area contributed by atoms with Crippen molar-refractivity contribution in [3.8, 4) is 0 Å². The van der Waals surface area contributed by atoms with Crippen LogP contribution in [0.2, 0.25) is 0 Å². The molecule has 1 aromatic rings. The molecular formula is C15H22N4O2. The van der Waals surface area contributed by atoms with Crippen molar-refractivity contribution < 1.29 is 9.59 Å². The van der Waals surface area contributed by atoms with E-state index in [0.717, 1.165) is 12.8 Å². The minimum Gasteiger partial charge on any atom is -0.353 e. The van der Waals surface area contributed by atoms with E-state index in [1.165, 1.54) is 44.3 Å². The summed E-state index contributed by atoms with van der Waals surface area (Å²) in [6.45, 7) is 0.313. The zero-order valence-electron chi connectivity index (χ0n) is 12.2. The van der Waals surface area contributed by atoms with Gasteiger partial charge in [-0.25, -0.2) is 4.98 Å². The van der Waals surface area contributed by atoms with E-state index in [-0.39, 0.29) is 17.5 Å². The van der Waals surface area contributed by atoms with Gasteiger partial charge in [0, 0.05) is 31.4 Å². The zero-order valence-corrected chi connectivity index (χ0v) is 12.2. The van der Waals surface area contributed by atoms with Crippen LogP contribution in [0.15, 0.2) is 18.6 Å². The summed E-state index contributed by atoms with van der Waals surface area (Å²) in [7, 11) is 0. The van der Waals surface area contributed by atoms with Gasteiger partial charge in [0.1, 0.15) is 5.69 Å². The maximum absolute atomic E-state index is 11.9. The van der Waals surface area contributed by atoms with Crippen molar-refractivity contribution in [2.45, 2.75) is 51.0 Å². The highest BCUT2D eigenvalue weighted by atomic mass is 16.2. The number of hydrogen-bond donors (Lipinski definition) is 2. The number of carbonyl (C=O) groups is 2. The highest BCUT2D eigenvalue weighted by molar-refractivity contribution is 5.92. The van der Waals surface area contributed by atoms with Crippen LogP contribution in [0.5, 0.6) is 0 Å². The SMILES string of the molecule is O=C(CCNC(=O)c1cnccn1)NC1CCCCCC1. The Labute approximate surface area is 124 Å².